The molecule has 1 heterocycles. The third-order valence-corrected chi connectivity index (χ3v) is 8.27. The number of hydrogen-bond acceptors (Lipinski definition) is 4. The van der Waals surface area contributed by atoms with Gasteiger partial charge in [-0.25, -0.2) is 4.79 Å². The quantitative estimate of drug-likeness (QED) is 0.267. The van der Waals surface area contributed by atoms with Gasteiger partial charge in [0.05, 0.1) is 11.8 Å². The maximum Gasteiger partial charge on any atom is 0.347 e. The summed E-state index contributed by atoms with van der Waals surface area (Å²) in [5.41, 5.74) is 1.04. The maximum absolute atomic E-state index is 12.3. The molecule has 1 aromatic heterocycles. The summed E-state index contributed by atoms with van der Waals surface area (Å²) >= 11 is 6.54. The second-order valence-electron chi connectivity index (χ2n) is 5.76. The van der Waals surface area contributed by atoms with Crippen LogP contribution in [0.1, 0.15) is 17.4 Å². The van der Waals surface area contributed by atoms with Crippen LogP contribution in [0.2, 0.25) is 0 Å². The van der Waals surface area contributed by atoms with Crippen molar-refractivity contribution in [2.24, 2.45) is 0 Å². The van der Waals surface area contributed by atoms with Crippen LogP contribution in [0.4, 0.5) is 0 Å². The summed E-state index contributed by atoms with van der Waals surface area (Å²) in [7, 11) is 1.40. The first-order chi connectivity index (χ1) is 12.5. The van der Waals surface area contributed by atoms with E-state index < -0.39 is 6.10 Å². The van der Waals surface area contributed by atoms with Crippen LogP contribution in [0, 0.1) is 7.14 Å². The van der Waals surface area contributed by atoms with Gasteiger partial charge in [0, 0.05) is 23.8 Å². The molecule has 3 nitrogen and oxygen atoms in total. The molecule has 0 aliphatic heterocycles. The van der Waals surface area contributed by atoms with Crippen LogP contribution in [-0.4, -0.2) is 19.2 Å². The molecular weight excluding hydrogens is 574 g/mol. The summed E-state index contributed by atoms with van der Waals surface area (Å²) in [5, 5.41) is 1.10. The average molecular weight is 592 g/mol. The molecule has 0 saturated carbocycles. The molecule has 1 atom stereocenters. The van der Waals surface area contributed by atoms with Crippen molar-refractivity contribution in [3.05, 3.63) is 60.0 Å². The molecule has 0 unspecified atom stereocenters. The Hall–Kier alpha value is -0.870. The number of halogens is 2. The van der Waals surface area contributed by atoms with E-state index >= 15 is 0 Å². The third kappa shape index (κ3) is 4.17. The molecule has 0 radical (unpaired) electrons. The van der Waals surface area contributed by atoms with Gasteiger partial charge in [0.15, 0.2) is 6.10 Å². The normalized spacial score (nSPS) is 12.2. The van der Waals surface area contributed by atoms with E-state index in [-0.39, 0.29) is 5.97 Å². The number of esters is 1. The standard InChI is InChI=1S/C20H18I2O3S/c1-3-16-18(22)17-14(10-9-13(21)19(17)26-16)25-15(20(23)24-2)11-12-7-5-4-6-8-12/h4-10,15H,3,11H2,1-2H3/t15-/m1/s1. The number of carbonyl (C=O) groups is 1. The molecule has 0 N–H and O–H groups in total. The van der Waals surface area contributed by atoms with Crippen LogP contribution in [0.15, 0.2) is 42.5 Å². The van der Waals surface area contributed by atoms with Gasteiger partial charge in [-0.15, -0.1) is 11.3 Å². The van der Waals surface area contributed by atoms with Crippen molar-refractivity contribution in [3.8, 4) is 5.75 Å². The van der Waals surface area contributed by atoms with Crippen LogP contribution in [-0.2, 0) is 22.4 Å². The smallest absolute Gasteiger partial charge is 0.347 e. The predicted octanol–water partition coefficient (Wildman–Crippen LogP) is 5.84. The van der Waals surface area contributed by atoms with E-state index in [1.54, 1.807) is 11.3 Å². The SMILES string of the molecule is CCc1sc2c(I)ccc(O[C@H](Cc3ccccc3)C(=O)OC)c2c1I. The number of benzene rings is 2. The van der Waals surface area contributed by atoms with Gasteiger partial charge in [-0.3, -0.25) is 0 Å². The van der Waals surface area contributed by atoms with Crippen molar-refractivity contribution < 1.29 is 14.3 Å². The van der Waals surface area contributed by atoms with Gasteiger partial charge in [0.25, 0.3) is 0 Å². The molecule has 0 saturated heterocycles. The van der Waals surface area contributed by atoms with E-state index in [2.05, 4.69) is 52.1 Å². The first-order valence-electron chi connectivity index (χ1n) is 8.23. The lowest BCUT2D eigenvalue weighted by Gasteiger charge is -2.18. The van der Waals surface area contributed by atoms with Crippen LogP contribution in [0.3, 0.4) is 0 Å². The number of methoxy groups -OCH3 is 1. The highest BCUT2D eigenvalue weighted by molar-refractivity contribution is 14.1. The Kier molecular flexibility index (Phi) is 6.79. The second-order valence-corrected chi connectivity index (χ2v) is 9.11. The molecule has 26 heavy (non-hydrogen) atoms. The second kappa shape index (κ2) is 8.88. The molecular formula is C20H18I2O3S. The lowest BCUT2D eigenvalue weighted by atomic mass is 10.1. The Bertz CT molecular complexity index is 922. The average Bonchev–Trinajstić information content (AvgIpc) is 3.01. The summed E-state index contributed by atoms with van der Waals surface area (Å²) in [5.74, 6) is 0.383. The van der Waals surface area contributed by atoms with Crippen LogP contribution >= 0.6 is 56.5 Å². The van der Waals surface area contributed by atoms with Gasteiger partial charge in [0.2, 0.25) is 0 Å². The molecule has 3 aromatic rings. The fourth-order valence-corrected chi connectivity index (χ4v) is 6.03. The number of carbonyl (C=O) groups excluding carboxylic acids is 1. The van der Waals surface area contributed by atoms with E-state index in [9.17, 15) is 4.79 Å². The lowest BCUT2D eigenvalue weighted by molar-refractivity contribution is -0.148. The van der Waals surface area contributed by atoms with E-state index in [0.29, 0.717) is 6.42 Å². The van der Waals surface area contributed by atoms with Gasteiger partial charge in [-0.1, -0.05) is 37.3 Å². The fourth-order valence-electron chi connectivity index (χ4n) is 2.77. The number of hydrogen-bond donors (Lipinski definition) is 0. The Morgan fingerprint density at radius 1 is 1.15 bits per heavy atom. The topological polar surface area (TPSA) is 35.5 Å². The molecule has 0 amide bonds. The van der Waals surface area contributed by atoms with E-state index in [0.717, 1.165) is 23.1 Å². The van der Waals surface area contributed by atoms with Gasteiger partial charge in [-0.05, 0) is 69.3 Å². The zero-order valence-electron chi connectivity index (χ0n) is 14.4. The van der Waals surface area contributed by atoms with E-state index in [1.807, 2.05) is 42.5 Å². The molecule has 6 heteroatoms. The highest BCUT2D eigenvalue weighted by Crippen LogP contribution is 2.41. The minimum absolute atomic E-state index is 0.360. The first-order valence-corrected chi connectivity index (χ1v) is 11.2. The predicted molar refractivity (Wildman–Crippen MR) is 123 cm³/mol. The maximum atomic E-state index is 12.3. The highest BCUT2D eigenvalue weighted by atomic mass is 127. The fraction of sp³-hybridized carbons (Fsp3) is 0.250. The van der Waals surface area contributed by atoms with Crippen molar-refractivity contribution in [2.45, 2.75) is 25.9 Å². The van der Waals surface area contributed by atoms with Crippen molar-refractivity contribution in [1.29, 1.82) is 0 Å². The monoisotopic (exact) mass is 592 g/mol. The summed E-state index contributed by atoms with van der Waals surface area (Å²) in [6, 6.07) is 13.9. The van der Waals surface area contributed by atoms with Gasteiger partial charge >= 0.3 is 5.97 Å². The Balaban J connectivity index is 2.00. The number of thiophene rings is 1. The van der Waals surface area contributed by atoms with Crippen molar-refractivity contribution in [1.82, 2.24) is 0 Å². The van der Waals surface area contributed by atoms with Gasteiger partial charge in [0.1, 0.15) is 5.75 Å². The molecule has 0 aliphatic carbocycles. The minimum atomic E-state index is -0.675. The van der Waals surface area contributed by atoms with Crippen molar-refractivity contribution in [2.75, 3.05) is 7.11 Å². The number of ether oxygens (including phenoxy) is 2. The lowest BCUT2D eigenvalue weighted by Crippen LogP contribution is -2.31. The Morgan fingerprint density at radius 2 is 1.88 bits per heavy atom. The summed E-state index contributed by atoms with van der Waals surface area (Å²) in [6.45, 7) is 2.16. The zero-order valence-corrected chi connectivity index (χ0v) is 19.6. The van der Waals surface area contributed by atoms with Crippen LogP contribution in [0.25, 0.3) is 10.1 Å². The largest absolute Gasteiger partial charge is 0.478 e. The molecule has 136 valence electrons. The molecule has 0 fully saturated rings. The first kappa shape index (κ1) is 19.9. The number of rotatable bonds is 6. The number of fused-ring (bicyclic) bond motifs is 1. The van der Waals surface area contributed by atoms with Gasteiger partial charge in [-0.2, -0.15) is 0 Å². The van der Waals surface area contributed by atoms with Crippen molar-refractivity contribution in [3.63, 3.8) is 0 Å². The van der Waals surface area contributed by atoms with Gasteiger partial charge < -0.3 is 9.47 Å². The summed E-state index contributed by atoms with van der Waals surface area (Å²) in [4.78, 5) is 13.7. The molecule has 0 spiro atoms. The zero-order chi connectivity index (χ0) is 18.7. The van der Waals surface area contributed by atoms with Crippen molar-refractivity contribution >= 4 is 72.6 Å². The molecule has 2 aromatic carbocycles. The van der Waals surface area contributed by atoms with E-state index in [1.165, 1.54) is 23.8 Å². The molecule has 3 rings (SSSR count). The summed E-state index contributed by atoms with van der Waals surface area (Å²) < 4.78 is 14.8. The number of aryl methyl sites for hydroxylation is 1. The van der Waals surface area contributed by atoms with E-state index in [4.69, 9.17) is 9.47 Å². The molecule has 0 aliphatic rings. The highest BCUT2D eigenvalue weighted by Gasteiger charge is 2.24. The van der Waals surface area contributed by atoms with Crippen LogP contribution < -0.4 is 4.74 Å². The van der Waals surface area contributed by atoms with Crippen LogP contribution in [0.5, 0.6) is 5.75 Å². The molecule has 0 bridgehead atoms. The minimum Gasteiger partial charge on any atom is -0.478 e. The Labute approximate surface area is 184 Å². The summed E-state index contributed by atoms with van der Waals surface area (Å²) in [6.07, 6.45) is 0.784. The Morgan fingerprint density at radius 3 is 2.54 bits per heavy atom. The third-order valence-electron chi connectivity index (χ3n) is 4.08.